The van der Waals surface area contributed by atoms with Gasteiger partial charge >= 0.3 is 0 Å². The number of hydrogen-bond donors (Lipinski definition) is 1. The number of hydrogen-bond acceptors (Lipinski definition) is 3. The minimum atomic E-state index is -0.688. The Morgan fingerprint density at radius 1 is 1.20 bits per heavy atom. The summed E-state index contributed by atoms with van der Waals surface area (Å²) in [6, 6.07) is -0.139. The molecule has 0 aromatic heterocycles. The fourth-order valence-corrected chi connectivity index (χ4v) is 3.43. The van der Waals surface area contributed by atoms with E-state index in [2.05, 4.69) is 17.3 Å². The zero-order chi connectivity index (χ0) is 14.9. The molecule has 5 heteroatoms. The third-order valence-electron chi connectivity index (χ3n) is 5.09. The van der Waals surface area contributed by atoms with Crippen molar-refractivity contribution in [3.8, 4) is 0 Å². The first-order chi connectivity index (χ1) is 9.45. The van der Waals surface area contributed by atoms with Crippen molar-refractivity contribution in [2.45, 2.75) is 64.1 Å². The van der Waals surface area contributed by atoms with E-state index in [1.54, 1.807) is 0 Å². The molecule has 1 N–H and O–H groups in total. The molecule has 2 aliphatic rings. The highest BCUT2D eigenvalue weighted by molar-refractivity contribution is 5.99. The van der Waals surface area contributed by atoms with Crippen molar-refractivity contribution in [2.75, 3.05) is 20.1 Å². The fraction of sp³-hybridized carbons (Fsp3) is 0.867. The van der Waals surface area contributed by atoms with Crippen molar-refractivity contribution in [3.63, 3.8) is 0 Å². The number of amides is 2. The van der Waals surface area contributed by atoms with Crippen molar-refractivity contribution in [1.29, 1.82) is 0 Å². The Balaban J connectivity index is 2.24. The maximum Gasteiger partial charge on any atom is 0.249 e. The summed E-state index contributed by atoms with van der Waals surface area (Å²) in [6.07, 6.45) is 3.24. The standard InChI is InChI=1S/C15H27N3O2/c1-5-15(6-2)14(20)18(11(3)13(19)16-15)12-7-9-17(4)10-8-12/h11-12H,5-10H2,1-4H3,(H,16,19). The van der Waals surface area contributed by atoms with E-state index in [-0.39, 0.29) is 23.9 Å². The number of carbonyl (C=O) groups excluding carboxylic acids is 2. The second-order valence-corrected chi connectivity index (χ2v) is 6.20. The molecular weight excluding hydrogens is 254 g/mol. The van der Waals surface area contributed by atoms with E-state index in [4.69, 9.17) is 0 Å². The Morgan fingerprint density at radius 3 is 2.25 bits per heavy atom. The largest absolute Gasteiger partial charge is 0.340 e. The molecule has 0 aromatic carbocycles. The Hall–Kier alpha value is -1.10. The minimum absolute atomic E-state index is 0.00720. The zero-order valence-corrected chi connectivity index (χ0v) is 13.1. The van der Waals surface area contributed by atoms with Gasteiger partial charge in [0.05, 0.1) is 0 Å². The third-order valence-corrected chi connectivity index (χ3v) is 5.09. The predicted octanol–water partition coefficient (Wildman–Crippen LogP) is 0.986. The first kappa shape index (κ1) is 15.3. The second-order valence-electron chi connectivity index (χ2n) is 6.20. The van der Waals surface area contributed by atoms with E-state index in [0.29, 0.717) is 12.8 Å². The van der Waals surface area contributed by atoms with Crippen LogP contribution in [0, 0.1) is 0 Å². The van der Waals surface area contributed by atoms with Gasteiger partial charge in [-0.2, -0.15) is 0 Å². The van der Waals surface area contributed by atoms with Crippen LogP contribution in [0.5, 0.6) is 0 Å². The molecule has 0 radical (unpaired) electrons. The van der Waals surface area contributed by atoms with Crippen molar-refractivity contribution in [2.24, 2.45) is 0 Å². The quantitative estimate of drug-likeness (QED) is 0.839. The lowest BCUT2D eigenvalue weighted by Gasteiger charge is -2.49. The molecule has 1 unspecified atom stereocenters. The van der Waals surface area contributed by atoms with Crippen LogP contribution in [0.2, 0.25) is 0 Å². The molecule has 20 heavy (non-hydrogen) atoms. The number of piperazine rings is 1. The molecule has 0 bridgehead atoms. The predicted molar refractivity (Wildman–Crippen MR) is 78.3 cm³/mol. The Labute approximate surface area is 121 Å². The van der Waals surface area contributed by atoms with Gasteiger partial charge in [-0.05, 0) is 52.7 Å². The van der Waals surface area contributed by atoms with Crippen LogP contribution in [0.4, 0.5) is 0 Å². The molecule has 1 atom stereocenters. The van der Waals surface area contributed by atoms with Crippen LogP contribution in [-0.4, -0.2) is 59.4 Å². The fourth-order valence-electron chi connectivity index (χ4n) is 3.43. The number of carbonyl (C=O) groups is 2. The van der Waals surface area contributed by atoms with Crippen LogP contribution in [0.15, 0.2) is 0 Å². The van der Waals surface area contributed by atoms with E-state index < -0.39 is 5.54 Å². The molecule has 5 nitrogen and oxygen atoms in total. The summed E-state index contributed by atoms with van der Waals surface area (Å²) in [4.78, 5) is 29.4. The third kappa shape index (κ3) is 2.43. The highest BCUT2D eigenvalue weighted by Crippen LogP contribution is 2.29. The van der Waals surface area contributed by atoms with Gasteiger partial charge in [0.1, 0.15) is 11.6 Å². The van der Waals surface area contributed by atoms with Gasteiger partial charge in [0.15, 0.2) is 0 Å². The normalized spacial score (nSPS) is 28.6. The molecule has 2 aliphatic heterocycles. The maximum absolute atomic E-state index is 12.9. The molecule has 2 saturated heterocycles. The van der Waals surface area contributed by atoms with E-state index in [1.807, 2.05) is 25.7 Å². The summed E-state index contributed by atoms with van der Waals surface area (Å²) in [5.41, 5.74) is -0.688. The number of nitrogens with one attached hydrogen (secondary N) is 1. The lowest BCUT2D eigenvalue weighted by molar-refractivity contribution is -0.158. The average Bonchev–Trinajstić information content (AvgIpc) is 2.45. The minimum Gasteiger partial charge on any atom is -0.340 e. The molecule has 2 amide bonds. The van der Waals surface area contributed by atoms with Crippen LogP contribution in [-0.2, 0) is 9.59 Å². The van der Waals surface area contributed by atoms with E-state index in [9.17, 15) is 9.59 Å². The zero-order valence-electron chi connectivity index (χ0n) is 13.1. The van der Waals surface area contributed by atoms with Crippen LogP contribution in [0.1, 0.15) is 46.5 Å². The van der Waals surface area contributed by atoms with Gasteiger partial charge in [0.25, 0.3) is 0 Å². The summed E-state index contributed by atoms with van der Waals surface area (Å²) >= 11 is 0. The summed E-state index contributed by atoms with van der Waals surface area (Å²) in [7, 11) is 2.10. The average molecular weight is 281 g/mol. The molecule has 0 aromatic rings. The van der Waals surface area contributed by atoms with E-state index >= 15 is 0 Å². The molecule has 114 valence electrons. The van der Waals surface area contributed by atoms with Gasteiger partial charge < -0.3 is 15.1 Å². The van der Waals surface area contributed by atoms with Crippen LogP contribution >= 0.6 is 0 Å². The van der Waals surface area contributed by atoms with Crippen LogP contribution in [0.3, 0.4) is 0 Å². The molecule has 2 fully saturated rings. The summed E-state index contributed by atoms with van der Waals surface area (Å²) in [5.74, 6) is 0.108. The highest BCUT2D eigenvalue weighted by atomic mass is 16.2. The Kier molecular flexibility index (Phi) is 4.37. The van der Waals surface area contributed by atoms with Gasteiger partial charge in [-0.3, -0.25) is 9.59 Å². The molecule has 0 aliphatic carbocycles. The van der Waals surface area contributed by atoms with Crippen LogP contribution in [0.25, 0.3) is 0 Å². The van der Waals surface area contributed by atoms with Crippen molar-refractivity contribution < 1.29 is 9.59 Å². The molecule has 2 rings (SSSR count). The number of piperidine rings is 1. The summed E-state index contributed by atoms with van der Waals surface area (Å²) < 4.78 is 0. The van der Waals surface area contributed by atoms with Gasteiger partial charge in [0, 0.05) is 6.04 Å². The lowest BCUT2D eigenvalue weighted by atomic mass is 9.85. The van der Waals surface area contributed by atoms with Gasteiger partial charge in [-0.1, -0.05) is 13.8 Å². The summed E-state index contributed by atoms with van der Waals surface area (Å²) in [5, 5.41) is 2.97. The Bertz CT molecular complexity index is 385. The van der Waals surface area contributed by atoms with E-state index in [1.165, 1.54) is 0 Å². The van der Waals surface area contributed by atoms with Crippen molar-refractivity contribution in [1.82, 2.24) is 15.1 Å². The van der Waals surface area contributed by atoms with Gasteiger partial charge in [-0.25, -0.2) is 0 Å². The van der Waals surface area contributed by atoms with Crippen molar-refractivity contribution >= 4 is 11.8 Å². The number of nitrogens with zero attached hydrogens (tertiary/aromatic N) is 2. The van der Waals surface area contributed by atoms with E-state index in [0.717, 1.165) is 25.9 Å². The highest BCUT2D eigenvalue weighted by Gasteiger charge is 2.49. The first-order valence-electron chi connectivity index (χ1n) is 7.78. The second kappa shape index (κ2) is 5.72. The van der Waals surface area contributed by atoms with Crippen molar-refractivity contribution in [3.05, 3.63) is 0 Å². The molecule has 0 spiro atoms. The first-order valence-corrected chi connectivity index (χ1v) is 7.78. The van der Waals surface area contributed by atoms with Gasteiger partial charge in [-0.15, -0.1) is 0 Å². The molecular formula is C15H27N3O2. The van der Waals surface area contributed by atoms with Crippen LogP contribution < -0.4 is 5.32 Å². The smallest absolute Gasteiger partial charge is 0.249 e. The summed E-state index contributed by atoms with van der Waals surface area (Å²) in [6.45, 7) is 7.79. The number of rotatable bonds is 3. The lowest BCUT2D eigenvalue weighted by Crippen LogP contribution is -2.71. The monoisotopic (exact) mass is 281 g/mol. The SMILES string of the molecule is CCC1(CC)NC(=O)C(C)N(C2CCN(C)CC2)C1=O. The molecule has 0 saturated carbocycles. The maximum atomic E-state index is 12.9. The number of likely N-dealkylation sites (tertiary alicyclic amines) is 1. The van der Waals surface area contributed by atoms with Gasteiger partial charge in [0.2, 0.25) is 11.8 Å². The molecule has 2 heterocycles. The topological polar surface area (TPSA) is 52.7 Å². The Morgan fingerprint density at radius 2 is 1.75 bits per heavy atom.